The molecular formula is C11H21NO3. The number of carbonyl (C=O) groups excluding carboxylic acids is 1. The van der Waals surface area contributed by atoms with Crippen LogP contribution < -0.4 is 0 Å². The van der Waals surface area contributed by atoms with Gasteiger partial charge >= 0.3 is 6.09 Å². The largest absolute Gasteiger partial charge is 0.444 e. The summed E-state index contributed by atoms with van der Waals surface area (Å²) < 4.78 is 5.18. The number of ether oxygens (including phenoxy) is 1. The van der Waals surface area contributed by atoms with Crippen molar-refractivity contribution in [1.29, 1.82) is 0 Å². The lowest BCUT2D eigenvalue weighted by Gasteiger charge is -2.24. The second kappa shape index (κ2) is 5.75. The molecule has 0 aromatic carbocycles. The summed E-state index contributed by atoms with van der Waals surface area (Å²) >= 11 is 0. The van der Waals surface area contributed by atoms with Crippen LogP contribution in [0.2, 0.25) is 0 Å². The zero-order chi connectivity index (χ0) is 12.1. The molecule has 0 saturated heterocycles. The van der Waals surface area contributed by atoms with Crippen molar-refractivity contribution in [1.82, 2.24) is 4.90 Å². The highest BCUT2D eigenvalue weighted by atomic mass is 16.6. The molecule has 0 spiro atoms. The highest BCUT2D eigenvalue weighted by Crippen LogP contribution is 2.09. The van der Waals surface area contributed by atoms with Crippen LogP contribution in [0.3, 0.4) is 0 Å². The van der Waals surface area contributed by atoms with Crippen LogP contribution in [0.5, 0.6) is 0 Å². The van der Waals surface area contributed by atoms with E-state index in [0.29, 0.717) is 6.54 Å². The molecule has 1 amide bonds. The van der Waals surface area contributed by atoms with Crippen LogP contribution in [0.1, 0.15) is 27.7 Å². The minimum Gasteiger partial charge on any atom is -0.444 e. The predicted octanol–water partition coefficient (Wildman–Crippen LogP) is 1.79. The third-order valence-corrected chi connectivity index (χ3v) is 1.63. The first-order valence-corrected chi connectivity index (χ1v) is 4.97. The highest BCUT2D eigenvalue weighted by molar-refractivity contribution is 5.68. The lowest BCUT2D eigenvalue weighted by molar-refractivity contribution is 0.0313. The van der Waals surface area contributed by atoms with Crippen molar-refractivity contribution < 1.29 is 14.6 Å². The quantitative estimate of drug-likeness (QED) is 0.730. The number of nitrogens with zero attached hydrogens (tertiary/aromatic N) is 1. The molecule has 0 aliphatic heterocycles. The van der Waals surface area contributed by atoms with E-state index < -0.39 is 5.60 Å². The average Bonchev–Trinajstić information content (AvgIpc) is 2.00. The summed E-state index contributed by atoms with van der Waals surface area (Å²) in [5.74, 6) is 0. The van der Waals surface area contributed by atoms with Gasteiger partial charge < -0.3 is 14.7 Å². The summed E-state index contributed by atoms with van der Waals surface area (Å²) in [6, 6.07) is 0. The van der Waals surface area contributed by atoms with E-state index in [1.165, 1.54) is 4.90 Å². The molecule has 0 aromatic heterocycles. The van der Waals surface area contributed by atoms with Gasteiger partial charge in [0.05, 0.1) is 6.61 Å². The molecule has 4 heteroatoms. The SMILES string of the molecule is C/C(=C/CO)CN(C)C(=O)OC(C)(C)C. The summed E-state index contributed by atoms with van der Waals surface area (Å²) in [5, 5.41) is 8.66. The fourth-order valence-electron chi connectivity index (χ4n) is 0.999. The van der Waals surface area contributed by atoms with Gasteiger partial charge in [-0.05, 0) is 27.7 Å². The smallest absolute Gasteiger partial charge is 0.410 e. The van der Waals surface area contributed by atoms with E-state index in [-0.39, 0.29) is 12.7 Å². The normalized spacial score (nSPS) is 12.5. The van der Waals surface area contributed by atoms with Crippen LogP contribution in [-0.2, 0) is 4.74 Å². The fourth-order valence-corrected chi connectivity index (χ4v) is 0.999. The Kier molecular flexibility index (Phi) is 5.36. The molecule has 4 nitrogen and oxygen atoms in total. The third-order valence-electron chi connectivity index (χ3n) is 1.63. The Morgan fingerprint density at radius 3 is 2.40 bits per heavy atom. The number of rotatable bonds is 3. The second-order valence-electron chi connectivity index (χ2n) is 4.57. The maximum Gasteiger partial charge on any atom is 0.410 e. The van der Waals surface area contributed by atoms with Gasteiger partial charge in [-0.1, -0.05) is 11.6 Å². The Hall–Kier alpha value is -1.03. The molecule has 0 radical (unpaired) electrons. The standard InChI is InChI=1S/C11H21NO3/c1-9(6-7-13)8-12(5)10(14)15-11(2,3)4/h6,13H,7-8H2,1-5H3/b9-6-. The highest BCUT2D eigenvalue weighted by Gasteiger charge is 2.19. The van der Waals surface area contributed by atoms with E-state index in [2.05, 4.69) is 0 Å². The number of amides is 1. The molecule has 15 heavy (non-hydrogen) atoms. The molecule has 88 valence electrons. The summed E-state index contributed by atoms with van der Waals surface area (Å²) in [6.07, 6.45) is 1.31. The Morgan fingerprint density at radius 2 is 2.00 bits per heavy atom. The predicted molar refractivity (Wildman–Crippen MR) is 59.7 cm³/mol. The molecule has 1 N–H and O–H groups in total. The molecule has 0 aromatic rings. The van der Waals surface area contributed by atoms with Crippen molar-refractivity contribution >= 4 is 6.09 Å². The van der Waals surface area contributed by atoms with Crippen LogP contribution >= 0.6 is 0 Å². The van der Waals surface area contributed by atoms with E-state index in [1.54, 1.807) is 13.1 Å². The number of aliphatic hydroxyl groups excluding tert-OH is 1. The maximum absolute atomic E-state index is 11.5. The Bertz CT molecular complexity index is 241. The summed E-state index contributed by atoms with van der Waals surface area (Å²) in [7, 11) is 1.67. The van der Waals surface area contributed by atoms with E-state index in [4.69, 9.17) is 9.84 Å². The molecule has 0 fully saturated rings. The van der Waals surface area contributed by atoms with Gasteiger partial charge in [0, 0.05) is 13.6 Å². The molecule has 0 saturated carbocycles. The molecule has 0 aliphatic carbocycles. The third kappa shape index (κ3) is 6.96. The molecule has 0 rings (SSSR count). The van der Waals surface area contributed by atoms with E-state index in [0.717, 1.165) is 5.57 Å². The monoisotopic (exact) mass is 215 g/mol. The molecule has 0 aliphatic rings. The van der Waals surface area contributed by atoms with Gasteiger partial charge in [-0.15, -0.1) is 0 Å². The Labute approximate surface area is 91.5 Å². The first kappa shape index (κ1) is 14.0. The number of hydrogen-bond donors (Lipinski definition) is 1. The second-order valence-corrected chi connectivity index (χ2v) is 4.57. The first-order chi connectivity index (χ1) is 6.76. The molecular weight excluding hydrogens is 194 g/mol. The van der Waals surface area contributed by atoms with Gasteiger partial charge in [0.25, 0.3) is 0 Å². The number of hydrogen-bond acceptors (Lipinski definition) is 3. The molecule has 0 unspecified atom stereocenters. The minimum absolute atomic E-state index is 0.00596. The van der Waals surface area contributed by atoms with Gasteiger partial charge in [-0.3, -0.25) is 0 Å². The minimum atomic E-state index is -0.472. The zero-order valence-electron chi connectivity index (χ0n) is 10.2. The van der Waals surface area contributed by atoms with Gasteiger partial charge in [0.1, 0.15) is 5.60 Å². The van der Waals surface area contributed by atoms with Crippen molar-refractivity contribution in [2.45, 2.75) is 33.3 Å². The van der Waals surface area contributed by atoms with Crippen molar-refractivity contribution in [3.63, 3.8) is 0 Å². The maximum atomic E-state index is 11.5. The molecule has 0 heterocycles. The van der Waals surface area contributed by atoms with Gasteiger partial charge in [0.15, 0.2) is 0 Å². The molecule has 0 atom stereocenters. The van der Waals surface area contributed by atoms with Crippen LogP contribution in [0.15, 0.2) is 11.6 Å². The average molecular weight is 215 g/mol. The zero-order valence-corrected chi connectivity index (χ0v) is 10.2. The van der Waals surface area contributed by atoms with Crippen LogP contribution in [-0.4, -0.2) is 41.9 Å². The summed E-state index contributed by atoms with van der Waals surface area (Å²) in [5.41, 5.74) is 0.464. The lowest BCUT2D eigenvalue weighted by atomic mass is 10.2. The fraction of sp³-hybridized carbons (Fsp3) is 0.727. The van der Waals surface area contributed by atoms with E-state index in [1.807, 2.05) is 27.7 Å². The summed E-state index contributed by atoms with van der Waals surface area (Å²) in [6.45, 7) is 7.81. The van der Waals surface area contributed by atoms with Crippen molar-refractivity contribution in [2.75, 3.05) is 20.2 Å². The van der Waals surface area contributed by atoms with Crippen molar-refractivity contribution in [3.8, 4) is 0 Å². The molecule has 0 bridgehead atoms. The van der Waals surface area contributed by atoms with Gasteiger partial charge in [-0.2, -0.15) is 0 Å². The topological polar surface area (TPSA) is 49.8 Å². The first-order valence-electron chi connectivity index (χ1n) is 4.97. The summed E-state index contributed by atoms with van der Waals surface area (Å²) in [4.78, 5) is 13.0. The Morgan fingerprint density at radius 1 is 1.47 bits per heavy atom. The van der Waals surface area contributed by atoms with E-state index >= 15 is 0 Å². The lowest BCUT2D eigenvalue weighted by Crippen LogP contribution is -2.35. The van der Waals surface area contributed by atoms with E-state index in [9.17, 15) is 4.79 Å². The Balaban J connectivity index is 4.17. The number of aliphatic hydroxyl groups is 1. The number of likely N-dealkylation sites (N-methyl/N-ethyl adjacent to an activating group) is 1. The van der Waals surface area contributed by atoms with Crippen LogP contribution in [0.25, 0.3) is 0 Å². The van der Waals surface area contributed by atoms with Gasteiger partial charge in [0.2, 0.25) is 0 Å². The van der Waals surface area contributed by atoms with Crippen molar-refractivity contribution in [3.05, 3.63) is 11.6 Å². The van der Waals surface area contributed by atoms with Crippen LogP contribution in [0, 0.1) is 0 Å². The number of carbonyl (C=O) groups is 1. The van der Waals surface area contributed by atoms with Crippen LogP contribution in [0.4, 0.5) is 4.79 Å². The van der Waals surface area contributed by atoms with Crippen molar-refractivity contribution in [2.24, 2.45) is 0 Å². The van der Waals surface area contributed by atoms with Gasteiger partial charge in [-0.25, -0.2) is 4.79 Å².